The van der Waals surface area contributed by atoms with Crippen LogP contribution in [0, 0.1) is 6.92 Å². The number of anilines is 2. The van der Waals surface area contributed by atoms with Gasteiger partial charge in [-0.25, -0.2) is 19.2 Å². The first-order chi connectivity index (χ1) is 9.81. The number of nitrogen functional groups attached to an aromatic ring is 1. The van der Waals surface area contributed by atoms with Gasteiger partial charge < -0.3 is 5.43 Å². The van der Waals surface area contributed by atoms with Gasteiger partial charge in [-0.15, -0.1) is 0 Å². The lowest BCUT2D eigenvalue weighted by atomic mass is 10.2. The third-order valence-electron chi connectivity index (χ3n) is 2.54. The SMILES string of the molecule is Cc1cc(Br)cc(NS(=O)(=O)c2cc(Br)cnc2NN)c1. The van der Waals surface area contributed by atoms with Gasteiger partial charge in [-0.2, -0.15) is 0 Å². The van der Waals surface area contributed by atoms with Crippen LogP contribution < -0.4 is 16.0 Å². The van der Waals surface area contributed by atoms with E-state index in [9.17, 15) is 8.42 Å². The van der Waals surface area contributed by atoms with Crippen molar-refractivity contribution in [2.75, 3.05) is 10.1 Å². The molecule has 4 N–H and O–H groups in total. The number of hydrazine groups is 1. The number of benzene rings is 1. The fourth-order valence-electron chi connectivity index (χ4n) is 1.74. The average Bonchev–Trinajstić information content (AvgIpc) is 2.36. The molecule has 0 radical (unpaired) electrons. The van der Waals surface area contributed by atoms with Crippen LogP contribution in [-0.4, -0.2) is 13.4 Å². The van der Waals surface area contributed by atoms with Crippen LogP contribution in [0.1, 0.15) is 5.56 Å². The van der Waals surface area contributed by atoms with E-state index in [1.807, 2.05) is 13.0 Å². The van der Waals surface area contributed by atoms with Gasteiger partial charge in [0.2, 0.25) is 0 Å². The number of hydrogen-bond donors (Lipinski definition) is 3. The number of rotatable bonds is 4. The van der Waals surface area contributed by atoms with Crippen molar-refractivity contribution < 1.29 is 8.42 Å². The van der Waals surface area contributed by atoms with Crippen molar-refractivity contribution in [1.82, 2.24) is 4.98 Å². The molecule has 0 unspecified atom stereocenters. The minimum Gasteiger partial charge on any atom is -0.307 e. The number of hydrogen-bond acceptors (Lipinski definition) is 5. The van der Waals surface area contributed by atoms with E-state index in [0.717, 1.165) is 10.0 Å². The number of nitrogens with zero attached hydrogens (tertiary/aromatic N) is 1. The van der Waals surface area contributed by atoms with Crippen molar-refractivity contribution in [2.24, 2.45) is 5.84 Å². The fourth-order valence-corrected chi connectivity index (χ4v) is 4.02. The van der Waals surface area contributed by atoms with E-state index in [1.165, 1.54) is 12.3 Å². The molecule has 2 rings (SSSR count). The van der Waals surface area contributed by atoms with Crippen LogP contribution >= 0.6 is 31.9 Å². The number of pyridine rings is 1. The second kappa shape index (κ2) is 6.30. The second-order valence-corrected chi connectivity index (χ2v) is 7.75. The molecule has 0 aliphatic rings. The summed E-state index contributed by atoms with van der Waals surface area (Å²) in [6, 6.07) is 6.70. The van der Waals surface area contributed by atoms with Gasteiger partial charge >= 0.3 is 0 Å². The number of halogens is 2. The smallest absolute Gasteiger partial charge is 0.265 e. The molecule has 112 valence electrons. The predicted molar refractivity (Wildman–Crippen MR) is 89.4 cm³/mol. The summed E-state index contributed by atoms with van der Waals surface area (Å²) in [4.78, 5) is 3.88. The van der Waals surface area contributed by atoms with Gasteiger partial charge in [-0.3, -0.25) is 4.72 Å². The summed E-state index contributed by atoms with van der Waals surface area (Å²) in [6.45, 7) is 1.87. The molecule has 0 amide bonds. The van der Waals surface area contributed by atoms with Crippen molar-refractivity contribution >= 4 is 53.4 Å². The van der Waals surface area contributed by atoms with Crippen molar-refractivity contribution in [3.05, 3.63) is 45.0 Å². The lowest BCUT2D eigenvalue weighted by molar-refractivity contribution is 0.601. The molecule has 0 spiro atoms. The Hall–Kier alpha value is -1.16. The first-order valence-corrected chi connectivity index (χ1v) is 8.81. The van der Waals surface area contributed by atoms with Crippen LogP contribution in [0.15, 0.2) is 44.3 Å². The zero-order valence-electron chi connectivity index (χ0n) is 10.9. The van der Waals surface area contributed by atoms with Crippen LogP contribution in [0.5, 0.6) is 0 Å². The normalized spacial score (nSPS) is 11.2. The predicted octanol–water partition coefficient (Wildman–Crippen LogP) is 3.00. The third kappa shape index (κ3) is 3.94. The molecule has 1 aromatic carbocycles. The molecule has 0 fully saturated rings. The molecule has 0 saturated carbocycles. The van der Waals surface area contributed by atoms with E-state index in [1.54, 1.807) is 12.1 Å². The van der Waals surface area contributed by atoms with Gasteiger partial charge in [0, 0.05) is 15.1 Å². The quantitative estimate of drug-likeness (QED) is 0.506. The molecule has 1 aromatic heterocycles. The molecule has 9 heteroatoms. The lowest BCUT2D eigenvalue weighted by Crippen LogP contribution is -2.18. The van der Waals surface area contributed by atoms with Crippen LogP contribution in [-0.2, 0) is 10.0 Å². The maximum Gasteiger partial charge on any atom is 0.265 e. The summed E-state index contributed by atoms with van der Waals surface area (Å²) >= 11 is 6.53. The van der Waals surface area contributed by atoms with Gasteiger partial charge in [-0.05, 0) is 52.7 Å². The number of nitrogens with two attached hydrogens (primary N) is 1. The topological polar surface area (TPSA) is 97.1 Å². The molecule has 1 heterocycles. The highest BCUT2D eigenvalue weighted by atomic mass is 79.9. The lowest BCUT2D eigenvalue weighted by Gasteiger charge is -2.12. The van der Waals surface area contributed by atoms with Gasteiger partial charge in [-0.1, -0.05) is 15.9 Å². The Morgan fingerprint density at radius 3 is 2.48 bits per heavy atom. The average molecular weight is 436 g/mol. The van der Waals surface area contributed by atoms with Crippen molar-refractivity contribution in [3.8, 4) is 0 Å². The minimum atomic E-state index is -3.82. The summed E-state index contributed by atoms with van der Waals surface area (Å²) in [5, 5.41) is 0. The molecule has 0 atom stereocenters. The summed E-state index contributed by atoms with van der Waals surface area (Å²) in [6.07, 6.45) is 1.46. The Bertz CT molecular complexity index is 761. The Kier molecular flexibility index (Phi) is 4.87. The molecule has 6 nitrogen and oxygen atoms in total. The largest absolute Gasteiger partial charge is 0.307 e. The van der Waals surface area contributed by atoms with E-state index < -0.39 is 10.0 Å². The van der Waals surface area contributed by atoms with Crippen molar-refractivity contribution in [2.45, 2.75) is 11.8 Å². The highest BCUT2D eigenvalue weighted by Crippen LogP contribution is 2.26. The van der Waals surface area contributed by atoms with Gasteiger partial charge in [0.1, 0.15) is 4.90 Å². The Morgan fingerprint density at radius 1 is 1.14 bits per heavy atom. The Morgan fingerprint density at radius 2 is 1.86 bits per heavy atom. The van der Waals surface area contributed by atoms with Crippen LogP contribution in [0.3, 0.4) is 0 Å². The molecule has 21 heavy (non-hydrogen) atoms. The van der Waals surface area contributed by atoms with Gasteiger partial charge in [0.05, 0.1) is 5.69 Å². The highest BCUT2D eigenvalue weighted by molar-refractivity contribution is 9.10. The standard InChI is InChI=1S/C12H12Br2N4O2S/c1-7-2-8(13)4-10(3-7)18-21(19,20)11-5-9(14)6-16-12(11)17-15/h2-6,18H,15H2,1H3,(H,16,17). The maximum atomic E-state index is 12.5. The molecular formula is C12H12Br2N4O2S. The number of aromatic nitrogens is 1. The summed E-state index contributed by atoms with van der Waals surface area (Å²) in [5.74, 6) is 5.38. The van der Waals surface area contributed by atoms with E-state index >= 15 is 0 Å². The maximum absolute atomic E-state index is 12.5. The van der Waals surface area contributed by atoms with E-state index in [4.69, 9.17) is 5.84 Å². The second-order valence-electron chi connectivity index (χ2n) is 4.27. The molecule has 0 aliphatic carbocycles. The van der Waals surface area contributed by atoms with Crippen LogP contribution in [0.2, 0.25) is 0 Å². The number of aryl methyl sites for hydroxylation is 1. The summed E-state index contributed by atoms with van der Waals surface area (Å²) < 4.78 is 28.8. The van der Waals surface area contributed by atoms with Gasteiger partial charge in [0.25, 0.3) is 10.0 Å². The van der Waals surface area contributed by atoms with E-state index in [2.05, 4.69) is 47.0 Å². The number of sulfonamides is 1. The zero-order chi connectivity index (χ0) is 15.6. The molecule has 0 saturated heterocycles. The molecule has 2 aromatic rings. The molecule has 0 bridgehead atoms. The zero-order valence-corrected chi connectivity index (χ0v) is 14.9. The first-order valence-electron chi connectivity index (χ1n) is 5.74. The Balaban J connectivity index is 2.45. The van der Waals surface area contributed by atoms with Crippen molar-refractivity contribution in [3.63, 3.8) is 0 Å². The number of nitrogens with one attached hydrogen (secondary N) is 2. The first kappa shape index (κ1) is 16.2. The molecule has 0 aliphatic heterocycles. The van der Waals surface area contributed by atoms with E-state index in [-0.39, 0.29) is 10.7 Å². The monoisotopic (exact) mass is 434 g/mol. The minimum absolute atomic E-state index is 0.0444. The van der Waals surface area contributed by atoms with Crippen molar-refractivity contribution in [1.29, 1.82) is 0 Å². The Labute approximate surface area is 139 Å². The highest BCUT2D eigenvalue weighted by Gasteiger charge is 2.20. The third-order valence-corrected chi connectivity index (χ3v) is 4.83. The van der Waals surface area contributed by atoms with E-state index in [0.29, 0.717) is 10.2 Å². The summed E-state index contributed by atoms with van der Waals surface area (Å²) in [7, 11) is -3.82. The molecular weight excluding hydrogens is 424 g/mol. The van der Waals surface area contributed by atoms with Crippen LogP contribution in [0.25, 0.3) is 0 Å². The van der Waals surface area contributed by atoms with Gasteiger partial charge in [0.15, 0.2) is 5.82 Å². The summed E-state index contributed by atoms with van der Waals surface area (Å²) in [5.41, 5.74) is 3.65. The van der Waals surface area contributed by atoms with Crippen LogP contribution in [0.4, 0.5) is 11.5 Å². The fraction of sp³-hybridized carbons (Fsp3) is 0.0833.